The zero-order valence-electron chi connectivity index (χ0n) is 36.9. The van der Waals surface area contributed by atoms with Crippen molar-refractivity contribution in [3.63, 3.8) is 0 Å². The van der Waals surface area contributed by atoms with Crippen molar-refractivity contribution in [1.29, 1.82) is 0 Å². The molecule has 0 saturated heterocycles. The van der Waals surface area contributed by atoms with Crippen LogP contribution < -0.4 is 0 Å². The summed E-state index contributed by atoms with van der Waals surface area (Å²) in [6.07, 6.45) is 0. The molecule has 1 spiro atoms. The molecule has 12 aromatic rings. The van der Waals surface area contributed by atoms with Crippen molar-refractivity contribution in [1.82, 2.24) is 9.97 Å². The predicted molar refractivity (Wildman–Crippen MR) is 278 cm³/mol. The minimum absolute atomic E-state index is 0.472. The summed E-state index contributed by atoms with van der Waals surface area (Å²) < 4.78 is 6.69. The van der Waals surface area contributed by atoms with Gasteiger partial charge in [-0.15, -0.1) is 0 Å². The summed E-state index contributed by atoms with van der Waals surface area (Å²) >= 11 is 0. The summed E-state index contributed by atoms with van der Waals surface area (Å²) in [7, 11) is 0. The molecule has 2 aliphatic carbocycles. The lowest BCUT2D eigenvalue weighted by atomic mass is 9.70. The second-order valence-corrected chi connectivity index (χ2v) is 18.0. The number of benzene rings is 10. The summed E-state index contributed by atoms with van der Waals surface area (Å²) in [4.78, 5) is 10.9. The molecular formula is C65H40N2O. The summed E-state index contributed by atoms with van der Waals surface area (Å²) in [6.45, 7) is 0. The fourth-order valence-corrected chi connectivity index (χ4v) is 11.4. The van der Waals surface area contributed by atoms with Gasteiger partial charge in [-0.05, 0) is 109 Å². The van der Waals surface area contributed by atoms with E-state index in [9.17, 15) is 0 Å². The number of rotatable bonds is 6. The molecular weight excluding hydrogens is 825 g/mol. The number of hydrogen-bond acceptors (Lipinski definition) is 3. The fourth-order valence-electron chi connectivity index (χ4n) is 11.4. The molecule has 14 rings (SSSR count). The lowest BCUT2D eigenvalue weighted by Gasteiger charge is -2.30. The van der Waals surface area contributed by atoms with Crippen LogP contribution in [0.5, 0.6) is 0 Å². The highest BCUT2D eigenvalue weighted by atomic mass is 16.3. The van der Waals surface area contributed by atoms with Crippen LogP contribution in [0.15, 0.2) is 247 Å². The van der Waals surface area contributed by atoms with Gasteiger partial charge >= 0.3 is 0 Å². The van der Waals surface area contributed by atoms with E-state index in [1.165, 1.54) is 44.5 Å². The average molecular weight is 865 g/mol. The normalized spacial score (nSPS) is 12.8. The van der Waals surface area contributed by atoms with Gasteiger partial charge < -0.3 is 4.42 Å². The lowest BCUT2D eigenvalue weighted by molar-refractivity contribution is 0.670. The van der Waals surface area contributed by atoms with E-state index in [-0.39, 0.29) is 0 Å². The van der Waals surface area contributed by atoms with Crippen LogP contribution in [0.3, 0.4) is 0 Å². The SMILES string of the molecule is c1ccc(-c2nc(-c3cc(-c4ccccc4-c4ccccc4)cc(-c4cccc5c4oc4ccccc45)c3)cc(-c3ccc4c(c3)C3(c5ccccc5-c5ccccc53)c3ccccc3-4)n2)cc1. The molecule has 0 unspecified atom stereocenters. The predicted octanol–water partition coefficient (Wildman–Crippen LogP) is 16.7. The molecule has 68 heavy (non-hydrogen) atoms. The Morgan fingerprint density at radius 1 is 0.279 bits per heavy atom. The van der Waals surface area contributed by atoms with Crippen LogP contribution >= 0.6 is 0 Å². The highest BCUT2D eigenvalue weighted by molar-refractivity contribution is 6.10. The van der Waals surface area contributed by atoms with Gasteiger partial charge in [0.15, 0.2) is 5.82 Å². The maximum absolute atomic E-state index is 6.69. The zero-order chi connectivity index (χ0) is 44.8. The third kappa shape index (κ3) is 5.72. The fraction of sp³-hybridized carbons (Fsp3) is 0.0154. The van der Waals surface area contributed by atoms with Crippen LogP contribution in [0.2, 0.25) is 0 Å². The van der Waals surface area contributed by atoms with Crippen LogP contribution in [0.4, 0.5) is 0 Å². The summed E-state index contributed by atoms with van der Waals surface area (Å²) in [5.74, 6) is 0.671. The van der Waals surface area contributed by atoms with E-state index in [1.807, 2.05) is 18.2 Å². The summed E-state index contributed by atoms with van der Waals surface area (Å²) in [5.41, 5.74) is 22.9. The van der Waals surface area contributed by atoms with E-state index in [4.69, 9.17) is 14.4 Å². The number of furan rings is 1. The van der Waals surface area contributed by atoms with Crippen LogP contribution in [0, 0.1) is 0 Å². The average Bonchev–Trinajstić information content (AvgIpc) is 4.05. The monoisotopic (exact) mass is 864 g/mol. The Bertz CT molecular complexity index is 3910. The Balaban J connectivity index is 1.01. The van der Waals surface area contributed by atoms with Crippen molar-refractivity contribution in [3.8, 4) is 89.5 Å². The van der Waals surface area contributed by atoms with E-state index >= 15 is 0 Å². The van der Waals surface area contributed by atoms with Crippen molar-refractivity contribution < 1.29 is 4.42 Å². The van der Waals surface area contributed by atoms with E-state index < -0.39 is 5.41 Å². The van der Waals surface area contributed by atoms with Crippen LogP contribution in [-0.2, 0) is 5.41 Å². The largest absolute Gasteiger partial charge is 0.455 e. The first kappa shape index (κ1) is 38.4. The maximum Gasteiger partial charge on any atom is 0.160 e. The molecule has 2 heterocycles. The van der Waals surface area contributed by atoms with Gasteiger partial charge in [-0.3, -0.25) is 0 Å². The molecule has 2 aliphatic rings. The Kier molecular flexibility index (Phi) is 8.50. The lowest BCUT2D eigenvalue weighted by Crippen LogP contribution is -2.25. The third-order valence-electron chi connectivity index (χ3n) is 14.3. The minimum Gasteiger partial charge on any atom is -0.455 e. The molecule has 0 bridgehead atoms. The molecule has 0 N–H and O–H groups in total. The Morgan fingerprint density at radius 2 is 0.750 bits per heavy atom. The third-order valence-corrected chi connectivity index (χ3v) is 14.3. The van der Waals surface area contributed by atoms with Crippen molar-refractivity contribution in [2.75, 3.05) is 0 Å². The first-order valence-electron chi connectivity index (χ1n) is 23.3. The smallest absolute Gasteiger partial charge is 0.160 e. The number of nitrogens with zero attached hydrogens (tertiary/aromatic N) is 2. The van der Waals surface area contributed by atoms with Crippen LogP contribution in [0.1, 0.15) is 22.3 Å². The molecule has 2 aromatic heterocycles. The minimum atomic E-state index is -0.472. The molecule has 316 valence electrons. The molecule has 0 aliphatic heterocycles. The molecule has 0 amide bonds. The maximum atomic E-state index is 6.69. The first-order chi connectivity index (χ1) is 33.7. The van der Waals surface area contributed by atoms with Crippen LogP contribution in [-0.4, -0.2) is 9.97 Å². The van der Waals surface area contributed by atoms with Gasteiger partial charge in [-0.25, -0.2) is 9.97 Å². The number of aromatic nitrogens is 2. The van der Waals surface area contributed by atoms with Crippen molar-refractivity contribution >= 4 is 21.9 Å². The number of para-hydroxylation sites is 2. The van der Waals surface area contributed by atoms with Crippen molar-refractivity contribution in [2.24, 2.45) is 0 Å². The molecule has 10 aromatic carbocycles. The van der Waals surface area contributed by atoms with Gasteiger partial charge in [0.25, 0.3) is 0 Å². The van der Waals surface area contributed by atoms with Gasteiger partial charge in [0, 0.05) is 33.0 Å². The van der Waals surface area contributed by atoms with Crippen molar-refractivity contribution in [3.05, 3.63) is 265 Å². The second-order valence-electron chi connectivity index (χ2n) is 18.0. The molecule has 0 fully saturated rings. The summed E-state index contributed by atoms with van der Waals surface area (Å²) in [6, 6.07) is 87.4. The van der Waals surface area contributed by atoms with Crippen molar-refractivity contribution in [2.45, 2.75) is 5.41 Å². The Morgan fingerprint density at radius 3 is 1.41 bits per heavy atom. The van der Waals surface area contributed by atoms with E-state index in [0.717, 1.165) is 83.4 Å². The highest BCUT2D eigenvalue weighted by Gasteiger charge is 2.51. The van der Waals surface area contributed by atoms with Gasteiger partial charge in [0.2, 0.25) is 0 Å². The first-order valence-corrected chi connectivity index (χ1v) is 23.3. The van der Waals surface area contributed by atoms with Crippen LogP contribution in [0.25, 0.3) is 111 Å². The standard InChI is InChI=1S/C65H40N2O/c1-3-18-41(19-4-1)47-22-7-8-23-48(47)44-36-45(49-28-17-29-55-54-27-12-16-33-62(54)68-63(49)55)38-46(37-44)61-40-60(66-64(67-61)42-20-5-2-6-21-42)43-34-35-53-52-26-11-15-32-58(52)65(59(53)39-43)56-30-13-9-24-50(56)51-25-10-14-31-57(51)65/h1-40H. The molecule has 0 atom stereocenters. The van der Waals surface area contributed by atoms with E-state index in [2.05, 4.69) is 224 Å². The van der Waals surface area contributed by atoms with E-state index in [1.54, 1.807) is 0 Å². The molecule has 0 radical (unpaired) electrons. The summed E-state index contributed by atoms with van der Waals surface area (Å²) in [5, 5.41) is 2.20. The zero-order valence-corrected chi connectivity index (χ0v) is 36.9. The Labute approximate surface area is 394 Å². The second kappa shape index (κ2) is 15.1. The number of hydrogen-bond donors (Lipinski definition) is 0. The molecule has 3 nitrogen and oxygen atoms in total. The van der Waals surface area contributed by atoms with E-state index in [0.29, 0.717) is 5.82 Å². The van der Waals surface area contributed by atoms with Gasteiger partial charge in [-0.1, -0.05) is 206 Å². The van der Waals surface area contributed by atoms with Gasteiger partial charge in [0.1, 0.15) is 11.2 Å². The molecule has 0 saturated carbocycles. The highest BCUT2D eigenvalue weighted by Crippen LogP contribution is 2.63. The Hall–Kier alpha value is -8.92. The molecule has 3 heteroatoms. The van der Waals surface area contributed by atoms with Gasteiger partial charge in [0.05, 0.1) is 16.8 Å². The topological polar surface area (TPSA) is 38.9 Å². The van der Waals surface area contributed by atoms with Gasteiger partial charge in [-0.2, -0.15) is 0 Å². The quantitative estimate of drug-likeness (QED) is 0.167. The number of fused-ring (bicyclic) bond motifs is 13.